The number of hydrogen-bond acceptors (Lipinski definition) is 4. The number of para-hydroxylation sites is 2. The largest absolute Gasteiger partial charge is 0.323 e. The molecule has 0 saturated heterocycles. The van der Waals surface area contributed by atoms with Crippen molar-refractivity contribution in [2.24, 2.45) is 0 Å². The molecular formula is C18H15ClN4O. The van der Waals surface area contributed by atoms with Gasteiger partial charge in [-0.25, -0.2) is 9.97 Å². The number of carbonyl (C=O) groups excluding carboxylic acids is 1. The molecule has 3 rings (SSSR count). The molecule has 2 aromatic carbocycles. The first-order chi connectivity index (χ1) is 11.6. The molecule has 0 atom stereocenters. The number of benzene rings is 2. The summed E-state index contributed by atoms with van der Waals surface area (Å²) in [6, 6.07) is 18.1. The molecule has 2 N–H and O–H groups in total. The van der Waals surface area contributed by atoms with Crippen LogP contribution < -0.4 is 10.6 Å². The van der Waals surface area contributed by atoms with Gasteiger partial charge >= 0.3 is 0 Å². The normalized spacial score (nSPS) is 10.2. The van der Waals surface area contributed by atoms with Crippen LogP contribution in [0, 0.1) is 6.92 Å². The molecule has 0 aliphatic carbocycles. The lowest BCUT2D eigenvalue weighted by molar-refractivity contribution is 0.102. The van der Waals surface area contributed by atoms with Crippen molar-refractivity contribution in [3.05, 3.63) is 77.1 Å². The summed E-state index contributed by atoms with van der Waals surface area (Å²) in [7, 11) is 0. The Labute approximate surface area is 144 Å². The molecule has 0 aliphatic rings. The number of nitrogens with zero attached hydrogens (tertiary/aromatic N) is 2. The maximum absolute atomic E-state index is 12.4. The number of aryl methyl sites for hydroxylation is 1. The third-order valence-electron chi connectivity index (χ3n) is 3.24. The first-order valence-electron chi connectivity index (χ1n) is 7.35. The lowest BCUT2D eigenvalue weighted by Crippen LogP contribution is -2.15. The van der Waals surface area contributed by atoms with Crippen LogP contribution in [-0.2, 0) is 0 Å². The predicted octanol–water partition coefficient (Wildman–Crippen LogP) is 4.43. The molecule has 3 aromatic rings. The third kappa shape index (κ3) is 3.88. The van der Waals surface area contributed by atoms with Crippen molar-refractivity contribution in [3.8, 4) is 0 Å². The van der Waals surface area contributed by atoms with E-state index in [4.69, 9.17) is 11.6 Å². The maximum Gasteiger partial charge on any atom is 0.274 e. The molecule has 1 amide bonds. The van der Waals surface area contributed by atoms with Gasteiger partial charge in [0.15, 0.2) is 0 Å². The van der Waals surface area contributed by atoms with Gasteiger partial charge < -0.3 is 10.6 Å². The van der Waals surface area contributed by atoms with Gasteiger partial charge in [0, 0.05) is 11.4 Å². The molecule has 0 unspecified atom stereocenters. The molecule has 24 heavy (non-hydrogen) atoms. The van der Waals surface area contributed by atoms with Gasteiger partial charge in [-0.2, -0.15) is 0 Å². The van der Waals surface area contributed by atoms with E-state index in [0.717, 1.165) is 0 Å². The van der Waals surface area contributed by atoms with Crippen molar-refractivity contribution < 1.29 is 4.79 Å². The van der Waals surface area contributed by atoms with E-state index in [1.54, 1.807) is 19.1 Å². The van der Waals surface area contributed by atoms with Gasteiger partial charge in [-0.1, -0.05) is 41.9 Å². The van der Waals surface area contributed by atoms with Gasteiger partial charge in [0.2, 0.25) is 5.95 Å². The van der Waals surface area contributed by atoms with Gasteiger partial charge in [-0.3, -0.25) is 4.79 Å². The van der Waals surface area contributed by atoms with Gasteiger partial charge in [-0.15, -0.1) is 0 Å². The fourth-order valence-corrected chi connectivity index (χ4v) is 2.32. The van der Waals surface area contributed by atoms with E-state index in [9.17, 15) is 4.79 Å². The van der Waals surface area contributed by atoms with E-state index < -0.39 is 0 Å². The predicted molar refractivity (Wildman–Crippen MR) is 95.9 cm³/mol. The Bertz CT molecular complexity index is 868. The number of hydrogen-bond donors (Lipinski definition) is 2. The molecule has 1 heterocycles. The molecule has 0 spiro atoms. The highest BCUT2D eigenvalue weighted by Gasteiger charge is 2.11. The number of carbonyl (C=O) groups is 1. The van der Waals surface area contributed by atoms with Crippen molar-refractivity contribution in [2.45, 2.75) is 6.92 Å². The van der Waals surface area contributed by atoms with Gasteiger partial charge in [0.1, 0.15) is 5.69 Å². The quantitative estimate of drug-likeness (QED) is 0.738. The molecule has 120 valence electrons. The summed E-state index contributed by atoms with van der Waals surface area (Å²) in [5, 5.41) is 6.40. The fourth-order valence-electron chi connectivity index (χ4n) is 2.14. The van der Waals surface area contributed by atoms with Crippen LogP contribution >= 0.6 is 11.6 Å². The van der Waals surface area contributed by atoms with Crippen LogP contribution in [0.2, 0.25) is 5.02 Å². The standard InChI is InChI=1S/C18H15ClN4O/c1-12-11-16(17(24)21-13-7-3-2-4-8-13)23-18(20-12)22-15-10-6-5-9-14(15)19/h2-11H,1H3,(H,21,24)(H,20,22,23). The Morgan fingerprint density at radius 1 is 1.00 bits per heavy atom. The minimum atomic E-state index is -0.297. The minimum absolute atomic E-state index is 0.279. The molecule has 0 fully saturated rings. The molecule has 0 bridgehead atoms. The highest BCUT2D eigenvalue weighted by Crippen LogP contribution is 2.23. The summed E-state index contributed by atoms with van der Waals surface area (Å²) in [4.78, 5) is 21.0. The van der Waals surface area contributed by atoms with E-state index in [2.05, 4.69) is 20.6 Å². The van der Waals surface area contributed by atoms with Crippen LogP contribution in [0.3, 0.4) is 0 Å². The Hall–Kier alpha value is -2.92. The minimum Gasteiger partial charge on any atom is -0.323 e. The Morgan fingerprint density at radius 3 is 2.46 bits per heavy atom. The van der Waals surface area contributed by atoms with E-state index in [1.165, 1.54) is 0 Å². The zero-order chi connectivity index (χ0) is 16.9. The van der Waals surface area contributed by atoms with Crippen molar-refractivity contribution in [2.75, 3.05) is 10.6 Å². The second-order valence-corrected chi connectivity index (χ2v) is 5.55. The van der Waals surface area contributed by atoms with Crippen LogP contribution in [0.5, 0.6) is 0 Å². The molecule has 0 saturated carbocycles. The molecule has 6 heteroatoms. The highest BCUT2D eigenvalue weighted by molar-refractivity contribution is 6.33. The van der Waals surface area contributed by atoms with Gasteiger partial charge in [0.05, 0.1) is 10.7 Å². The monoisotopic (exact) mass is 338 g/mol. The number of anilines is 3. The van der Waals surface area contributed by atoms with Crippen molar-refractivity contribution >= 4 is 34.8 Å². The van der Waals surface area contributed by atoms with Gasteiger partial charge in [-0.05, 0) is 37.3 Å². The fraction of sp³-hybridized carbons (Fsp3) is 0.0556. The van der Waals surface area contributed by atoms with Crippen LogP contribution in [0.4, 0.5) is 17.3 Å². The summed E-state index contributed by atoms with van der Waals surface area (Å²) in [6.45, 7) is 1.80. The first kappa shape index (κ1) is 16.0. The van der Waals surface area contributed by atoms with Crippen LogP contribution in [0.1, 0.15) is 16.2 Å². The Morgan fingerprint density at radius 2 is 1.71 bits per heavy atom. The van der Waals surface area contributed by atoms with E-state index >= 15 is 0 Å². The summed E-state index contributed by atoms with van der Waals surface area (Å²) < 4.78 is 0. The summed E-state index contributed by atoms with van der Waals surface area (Å²) in [5.41, 5.74) is 2.34. The average molecular weight is 339 g/mol. The number of amides is 1. The van der Waals surface area contributed by atoms with Crippen molar-refractivity contribution in [3.63, 3.8) is 0 Å². The molecule has 1 aromatic heterocycles. The van der Waals surface area contributed by atoms with E-state index in [-0.39, 0.29) is 11.6 Å². The molecular weight excluding hydrogens is 324 g/mol. The van der Waals surface area contributed by atoms with E-state index in [0.29, 0.717) is 28.0 Å². The summed E-state index contributed by atoms with van der Waals surface area (Å²) in [6.07, 6.45) is 0. The van der Waals surface area contributed by atoms with Crippen LogP contribution in [-0.4, -0.2) is 15.9 Å². The number of halogens is 1. The molecule has 0 radical (unpaired) electrons. The smallest absolute Gasteiger partial charge is 0.274 e. The lowest BCUT2D eigenvalue weighted by Gasteiger charge is -2.10. The molecule has 5 nitrogen and oxygen atoms in total. The van der Waals surface area contributed by atoms with Crippen LogP contribution in [0.25, 0.3) is 0 Å². The SMILES string of the molecule is Cc1cc(C(=O)Nc2ccccc2)nc(Nc2ccccc2Cl)n1. The summed E-state index contributed by atoms with van der Waals surface area (Å²) >= 11 is 6.13. The number of rotatable bonds is 4. The lowest BCUT2D eigenvalue weighted by atomic mass is 10.3. The number of aromatic nitrogens is 2. The highest BCUT2D eigenvalue weighted by atomic mass is 35.5. The Balaban J connectivity index is 1.83. The zero-order valence-electron chi connectivity index (χ0n) is 13.0. The second-order valence-electron chi connectivity index (χ2n) is 5.14. The van der Waals surface area contributed by atoms with Crippen molar-refractivity contribution in [1.29, 1.82) is 0 Å². The average Bonchev–Trinajstić information content (AvgIpc) is 2.57. The maximum atomic E-state index is 12.4. The second kappa shape index (κ2) is 7.10. The zero-order valence-corrected chi connectivity index (χ0v) is 13.7. The molecule has 0 aliphatic heterocycles. The topological polar surface area (TPSA) is 66.9 Å². The van der Waals surface area contributed by atoms with E-state index in [1.807, 2.05) is 48.5 Å². The Kier molecular flexibility index (Phi) is 4.72. The third-order valence-corrected chi connectivity index (χ3v) is 3.57. The summed E-state index contributed by atoms with van der Waals surface area (Å²) in [5.74, 6) is 0.0234. The van der Waals surface area contributed by atoms with Crippen molar-refractivity contribution in [1.82, 2.24) is 9.97 Å². The first-order valence-corrected chi connectivity index (χ1v) is 7.73. The van der Waals surface area contributed by atoms with Gasteiger partial charge in [0.25, 0.3) is 5.91 Å². The number of nitrogens with one attached hydrogen (secondary N) is 2. The van der Waals surface area contributed by atoms with Crippen LogP contribution in [0.15, 0.2) is 60.7 Å².